The summed E-state index contributed by atoms with van der Waals surface area (Å²) in [7, 11) is 0. The van der Waals surface area contributed by atoms with Crippen LogP contribution in [-0.4, -0.2) is 5.21 Å². The van der Waals surface area contributed by atoms with Crippen molar-refractivity contribution in [2.75, 3.05) is 0 Å². The Labute approximate surface area is 77.4 Å². The predicted octanol–water partition coefficient (Wildman–Crippen LogP) is 2.23. The smallest absolute Gasteiger partial charge is 0.130 e. The zero-order valence-electron chi connectivity index (χ0n) is 8.11. The fraction of sp³-hybridized carbons (Fsp3) is 0.400. The standard InChI is InChI=1S/C10H14FNO/c1-6-4-7(2)10(11)9(5-12-13)8(6)3/h4,12-13H,5H2,1-3H3. The molecular weight excluding hydrogens is 169 g/mol. The number of rotatable bonds is 2. The lowest BCUT2D eigenvalue weighted by Gasteiger charge is -2.11. The molecule has 0 aliphatic carbocycles. The van der Waals surface area contributed by atoms with Crippen LogP contribution in [0.1, 0.15) is 22.3 Å². The molecule has 2 nitrogen and oxygen atoms in total. The SMILES string of the molecule is Cc1cc(C)c(F)c(CNO)c1C. The van der Waals surface area contributed by atoms with Crippen molar-refractivity contribution < 1.29 is 9.60 Å². The quantitative estimate of drug-likeness (QED) is 0.689. The summed E-state index contributed by atoms with van der Waals surface area (Å²) in [6.45, 7) is 5.66. The molecule has 1 rings (SSSR count). The van der Waals surface area contributed by atoms with Gasteiger partial charge in [0.25, 0.3) is 0 Å². The van der Waals surface area contributed by atoms with Crippen molar-refractivity contribution in [3.05, 3.63) is 34.1 Å². The molecule has 0 spiro atoms. The Kier molecular flexibility index (Phi) is 3.01. The summed E-state index contributed by atoms with van der Waals surface area (Å²) in [5.74, 6) is -0.232. The first-order chi connectivity index (χ1) is 6.07. The molecule has 0 saturated carbocycles. The van der Waals surface area contributed by atoms with Crippen LogP contribution < -0.4 is 5.48 Å². The average Bonchev–Trinajstić information content (AvgIpc) is 2.09. The van der Waals surface area contributed by atoms with Crippen molar-refractivity contribution >= 4 is 0 Å². The van der Waals surface area contributed by atoms with Gasteiger partial charge in [-0.1, -0.05) is 6.07 Å². The second-order valence-electron chi connectivity index (χ2n) is 3.26. The monoisotopic (exact) mass is 183 g/mol. The number of hydrogen-bond acceptors (Lipinski definition) is 2. The van der Waals surface area contributed by atoms with Crippen LogP contribution in [0.15, 0.2) is 6.07 Å². The number of benzene rings is 1. The molecule has 0 bridgehead atoms. The topological polar surface area (TPSA) is 32.3 Å². The largest absolute Gasteiger partial charge is 0.316 e. The molecule has 0 aromatic heterocycles. The number of halogens is 1. The minimum atomic E-state index is -0.232. The van der Waals surface area contributed by atoms with Crippen LogP contribution in [0, 0.1) is 26.6 Å². The van der Waals surface area contributed by atoms with E-state index in [2.05, 4.69) is 0 Å². The second-order valence-corrected chi connectivity index (χ2v) is 3.26. The molecule has 0 saturated heterocycles. The lowest BCUT2D eigenvalue weighted by Crippen LogP contribution is -2.11. The molecule has 1 aromatic carbocycles. The maximum Gasteiger partial charge on any atom is 0.130 e. The summed E-state index contributed by atoms with van der Waals surface area (Å²) in [5.41, 5.74) is 5.08. The van der Waals surface area contributed by atoms with E-state index in [1.54, 1.807) is 6.92 Å². The number of aryl methyl sites for hydroxylation is 2. The summed E-state index contributed by atoms with van der Waals surface area (Å²) in [6, 6.07) is 1.81. The van der Waals surface area contributed by atoms with Gasteiger partial charge in [0.05, 0.1) is 0 Å². The van der Waals surface area contributed by atoms with Gasteiger partial charge in [0, 0.05) is 12.1 Å². The van der Waals surface area contributed by atoms with Gasteiger partial charge in [-0.05, 0) is 37.5 Å². The van der Waals surface area contributed by atoms with Gasteiger partial charge in [-0.3, -0.25) is 0 Å². The van der Waals surface area contributed by atoms with Crippen molar-refractivity contribution in [2.45, 2.75) is 27.3 Å². The highest BCUT2D eigenvalue weighted by Gasteiger charge is 2.10. The number of nitrogens with one attached hydrogen (secondary N) is 1. The van der Waals surface area contributed by atoms with E-state index < -0.39 is 0 Å². The molecule has 13 heavy (non-hydrogen) atoms. The van der Waals surface area contributed by atoms with E-state index in [4.69, 9.17) is 5.21 Å². The number of hydrogen-bond donors (Lipinski definition) is 2. The van der Waals surface area contributed by atoms with Gasteiger partial charge in [0.1, 0.15) is 5.82 Å². The Morgan fingerprint density at radius 1 is 1.31 bits per heavy atom. The molecule has 0 fully saturated rings. The van der Waals surface area contributed by atoms with Crippen molar-refractivity contribution in [1.82, 2.24) is 5.48 Å². The highest BCUT2D eigenvalue weighted by molar-refractivity contribution is 5.38. The Morgan fingerprint density at radius 3 is 2.46 bits per heavy atom. The molecule has 0 radical (unpaired) electrons. The Balaban J connectivity index is 3.28. The molecule has 0 aliphatic rings. The molecule has 3 heteroatoms. The zero-order chi connectivity index (χ0) is 10.0. The molecule has 0 amide bonds. The lowest BCUT2D eigenvalue weighted by molar-refractivity contribution is 0.159. The van der Waals surface area contributed by atoms with Gasteiger partial charge in [-0.2, -0.15) is 0 Å². The molecule has 0 aliphatic heterocycles. The summed E-state index contributed by atoms with van der Waals surface area (Å²) < 4.78 is 13.5. The van der Waals surface area contributed by atoms with E-state index in [0.29, 0.717) is 11.1 Å². The van der Waals surface area contributed by atoms with E-state index in [0.717, 1.165) is 11.1 Å². The number of hydroxylamine groups is 1. The van der Waals surface area contributed by atoms with Crippen molar-refractivity contribution in [3.63, 3.8) is 0 Å². The van der Waals surface area contributed by atoms with Gasteiger partial charge in [-0.25, -0.2) is 9.87 Å². The highest BCUT2D eigenvalue weighted by atomic mass is 19.1. The minimum Gasteiger partial charge on any atom is -0.316 e. The van der Waals surface area contributed by atoms with Crippen molar-refractivity contribution in [1.29, 1.82) is 0 Å². The maximum atomic E-state index is 13.5. The third kappa shape index (κ3) is 1.87. The summed E-state index contributed by atoms with van der Waals surface area (Å²) in [6.07, 6.45) is 0. The summed E-state index contributed by atoms with van der Waals surface area (Å²) in [5, 5.41) is 8.53. The zero-order valence-corrected chi connectivity index (χ0v) is 8.11. The Morgan fingerprint density at radius 2 is 1.92 bits per heavy atom. The van der Waals surface area contributed by atoms with E-state index >= 15 is 0 Å². The van der Waals surface area contributed by atoms with Crippen molar-refractivity contribution in [3.8, 4) is 0 Å². The first kappa shape index (κ1) is 10.2. The van der Waals surface area contributed by atoms with Crippen LogP contribution in [-0.2, 0) is 6.54 Å². The van der Waals surface area contributed by atoms with E-state index in [1.807, 2.05) is 25.4 Å². The Hall–Kier alpha value is -0.930. The van der Waals surface area contributed by atoms with Crippen LogP contribution in [0.25, 0.3) is 0 Å². The van der Waals surface area contributed by atoms with Crippen LogP contribution in [0.5, 0.6) is 0 Å². The lowest BCUT2D eigenvalue weighted by atomic mass is 9.99. The summed E-state index contributed by atoms with van der Waals surface area (Å²) >= 11 is 0. The third-order valence-electron chi connectivity index (χ3n) is 2.34. The van der Waals surface area contributed by atoms with Crippen LogP contribution in [0.3, 0.4) is 0 Å². The molecule has 0 heterocycles. The van der Waals surface area contributed by atoms with Gasteiger partial charge >= 0.3 is 0 Å². The average molecular weight is 183 g/mol. The highest BCUT2D eigenvalue weighted by Crippen LogP contribution is 2.20. The molecular formula is C10H14FNO. The fourth-order valence-corrected chi connectivity index (χ4v) is 1.43. The molecule has 1 aromatic rings. The molecule has 0 unspecified atom stereocenters. The third-order valence-corrected chi connectivity index (χ3v) is 2.34. The van der Waals surface area contributed by atoms with E-state index in [1.165, 1.54) is 0 Å². The fourth-order valence-electron chi connectivity index (χ4n) is 1.43. The Bertz CT molecular complexity index is 297. The summed E-state index contributed by atoms with van der Waals surface area (Å²) in [4.78, 5) is 0. The predicted molar refractivity (Wildman–Crippen MR) is 49.2 cm³/mol. The van der Waals surface area contributed by atoms with Crippen LogP contribution in [0.2, 0.25) is 0 Å². The normalized spacial score (nSPS) is 10.5. The van der Waals surface area contributed by atoms with E-state index in [9.17, 15) is 4.39 Å². The van der Waals surface area contributed by atoms with Gasteiger partial charge in [-0.15, -0.1) is 0 Å². The van der Waals surface area contributed by atoms with Crippen LogP contribution in [0.4, 0.5) is 4.39 Å². The first-order valence-electron chi connectivity index (χ1n) is 4.20. The van der Waals surface area contributed by atoms with Crippen LogP contribution >= 0.6 is 0 Å². The van der Waals surface area contributed by atoms with Gasteiger partial charge in [0.15, 0.2) is 0 Å². The minimum absolute atomic E-state index is 0.153. The van der Waals surface area contributed by atoms with Gasteiger partial charge in [0.2, 0.25) is 0 Å². The van der Waals surface area contributed by atoms with Crippen molar-refractivity contribution in [2.24, 2.45) is 0 Å². The molecule has 0 atom stereocenters. The van der Waals surface area contributed by atoms with Gasteiger partial charge < -0.3 is 5.21 Å². The molecule has 2 N–H and O–H groups in total. The first-order valence-corrected chi connectivity index (χ1v) is 4.20. The second kappa shape index (κ2) is 3.85. The molecule has 72 valence electrons. The maximum absolute atomic E-state index is 13.5. The van der Waals surface area contributed by atoms with E-state index in [-0.39, 0.29) is 12.4 Å².